The van der Waals surface area contributed by atoms with Gasteiger partial charge in [-0.25, -0.2) is 0 Å². The Morgan fingerprint density at radius 1 is 1.00 bits per heavy atom. The van der Waals surface area contributed by atoms with Crippen molar-refractivity contribution in [2.24, 2.45) is 0 Å². The summed E-state index contributed by atoms with van der Waals surface area (Å²) >= 11 is 0. The van der Waals surface area contributed by atoms with E-state index in [1.807, 2.05) is 0 Å². The molecule has 0 unspecified atom stereocenters. The van der Waals surface area contributed by atoms with Gasteiger partial charge in [-0.15, -0.1) is 0 Å². The molecule has 0 saturated carbocycles. The van der Waals surface area contributed by atoms with Crippen molar-refractivity contribution in [2.45, 2.75) is 19.6 Å². The van der Waals surface area contributed by atoms with Crippen LogP contribution in [0.4, 0.5) is 0 Å². The van der Waals surface area contributed by atoms with Crippen molar-refractivity contribution in [1.82, 2.24) is 0 Å². The largest absolute Gasteiger partial charge is 0.234 e. The Morgan fingerprint density at radius 2 is 1.43 bits per heavy atom. The molecule has 0 amide bonds. The van der Waals surface area contributed by atoms with Gasteiger partial charge in [0.1, 0.15) is 0 Å². The average Bonchev–Trinajstić information content (AvgIpc) is 1.84. The van der Waals surface area contributed by atoms with Gasteiger partial charge in [0, 0.05) is 0 Å². The van der Waals surface area contributed by atoms with E-state index in [9.17, 15) is 0 Å². The van der Waals surface area contributed by atoms with Crippen LogP contribution in [0.5, 0.6) is 0 Å². The second-order valence-corrected chi connectivity index (χ2v) is 1.70. The van der Waals surface area contributed by atoms with Gasteiger partial charge in [-0.2, -0.15) is 9.78 Å². The Bertz CT molecular complexity index is 61.3. The fourth-order valence-electron chi connectivity index (χ4n) is 0.206. The minimum atomic E-state index is -0.750. The summed E-state index contributed by atoms with van der Waals surface area (Å²) in [6, 6.07) is 0. The molecule has 0 aromatic carbocycles. The van der Waals surface area contributed by atoms with E-state index in [0.717, 1.165) is 0 Å². The van der Waals surface area contributed by atoms with Crippen LogP contribution in [0.3, 0.4) is 0 Å². The summed E-state index contributed by atoms with van der Waals surface area (Å²) in [5.41, 5.74) is 0. The quantitative estimate of drug-likeness (QED) is 0.422. The topological polar surface area (TPSA) is 36.9 Å². The maximum atomic E-state index is 4.40. The Hall–Kier alpha value is -0.160. The molecule has 42 valence electrons. The molecule has 1 saturated heterocycles. The number of hydrogen-bond acceptors (Lipinski definition) is 4. The van der Waals surface area contributed by atoms with Gasteiger partial charge in [0.15, 0.2) is 0 Å². The fourth-order valence-corrected chi connectivity index (χ4v) is 0.206. The van der Waals surface area contributed by atoms with Crippen LogP contribution < -0.4 is 0 Å². The zero-order valence-corrected chi connectivity index (χ0v) is 4.13. The molecule has 0 atom stereocenters. The summed E-state index contributed by atoms with van der Waals surface area (Å²) in [4.78, 5) is 8.79. The lowest BCUT2D eigenvalue weighted by molar-refractivity contribution is -0.532. The first-order valence-electron chi connectivity index (χ1n) is 1.91. The van der Waals surface area contributed by atoms with Crippen LogP contribution in [0, 0.1) is 0 Å². The monoisotopic (exact) mass is 106 g/mol. The van der Waals surface area contributed by atoms with E-state index < -0.39 is 5.79 Å². The second kappa shape index (κ2) is 1.41. The minimum Gasteiger partial charge on any atom is -0.166 e. The third-order valence-electron chi connectivity index (χ3n) is 0.497. The molecule has 1 rings (SSSR count). The first kappa shape index (κ1) is 4.99. The van der Waals surface area contributed by atoms with Crippen molar-refractivity contribution in [1.29, 1.82) is 0 Å². The van der Waals surface area contributed by atoms with Gasteiger partial charge >= 0.3 is 0 Å². The highest BCUT2D eigenvalue weighted by molar-refractivity contribution is 4.45. The molecule has 7 heavy (non-hydrogen) atoms. The first-order valence-corrected chi connectivity index (χ1v) is 1.91. The lowest BCUT2D eigenvalue weighted by Crippen LogP contribution is -2.18. The Balaban J connectivity index is 2.40. The molecule has 0 bridgehead atoms. The predicted octanol–water partition coefficient (Wildman–Crippen LogP) is 0.547. The van der Waals surface area contributed by atoms with Gasteiger partial charge in [0.25, 0.3) is 0 Å². The SMILES string of the molecule is CC1(C)OOOO1. The third kappa shape index (κ3) is 1.10. The third-order valence-corrected chi connectivity index (χ3v) is 0.497. The number of rotatable bonds is 0. The van der Waals surface area contributed by atoms with Gasteiger partial charge < -0.3 is 0 Å². The zero-order chi connectivity index (χ0) is 5.33. The molecule has 0 aromatic heterocycles. The van der Waals surface area contributed by atoms with Crippen LogP contribution in [0.15, 0.2) is 0 Å². The van der Waals surface area contributed by atoms with Gasteiger partial charge in [-0.3, -0.25) is 0 Å². The molecule has 1 aliphatic heterocycles. The van der Waals surface area contributed by atoms with Crippen molar-refractivity contribution < 1.29 is 19.9 Å². The molecule has 1 heterocycles. The van der Waals surface area contributed by atoms with Gasteiger partial charge in [-0.05, 0) is 23.9 Å². The lowest BCUT2D eigenvalue weighted by Gasteiger charge is -2.04. The molecule has 0 spiro atoms. The van der Waals surface area contributed by atoms with Gasteiger partial charge in [0.2, 0.25) is 5.79 Å². The van der Waals surface area contributed by atoms with E-state index in [0.29, 0.717) is 0 Å². The smallest absolute Gasteiger partial charge is 0.166 e. The molecule has 4 heteroatoms. The molecule has 0 N–H and O–H groups in total. The van der Waals surface area contributed by atoms with E-state index in [1.54, 1.807) is 13.8 Å². The van der Waals surface area contributed by atoms with Crippen LogP contribution in [0.1, 0.15) is 13.8 Å². The molecular weight excluding hydrogens is 100 g/mol. The maximum absolute atomic E-state index is 4.40. The highest BCUT2D eigenvalue weighted by atomic mass is 17.7. The van der Waals surface area contributed by atoms with E-state index in [-0.39, 0.29) is 0 Å². The first-order chi connectivity index (χ1) is 3.21. The summed E-state index contributed by atoms with van der Waals surface area (Å²) in [5, 5.41) is 7.88. The van der Waals surface area contributed by atoms with E-state index in [1.165, 1.54) is 0 Å². The van der Waals surface area contributed by atoms with Crippen LogP contribution in [0.25, 0.3) is 0 Å². The molecule has 0 aromatic rings. The average molecular weight is 106 g/mol. The normalized spacial score (nSPS) is 28.3. The summed E-state index contributed by atoms with van der Waals surface area (Å²) in [6.07, 6.45) is 0. The minimum absolute atomic E-state index is 0.750. The van der Waals surface area contributed by atoms with E-state index >= 15 is 0 Å². The van der Waals surface area contributed by atoms with Gasteiger partial charge in [-0.1, -0.05) is 0 Å². The molecule has 0 aliphatic carbocycles. The van der Waals surface area contributed by atoms with Crippen molar-refractivity contribution in [2.75, 3.05) is 0 Å². The molecular formula is C3H6O4. The van der Waals surface area contributed by atoms with Crippen LogP contribution >= 0.6 is 0 Å². The summed E-state index contributed by atoms with van der Waals surface area (Å²) in [5.74, 6) is -0.750. The highest BCUT2D eigenvalue weighted by Gasteiger charge is 2.29. The Labute approximate surface area is 40.7 Å². The molecule has 1 aliphatic rings. The molecule has 0 radical (unpaired) electrons. The predicted molar refractivity (Wildman–Crippen MR) is 18.4 cm³/mol. The molecule has 1 fully saturated rings. The van der Waals surface area contributed by atoms with Crippen molar-refractivity contribution in [3.63, 3.8) is 0 Å². The summed E-state index contributed by atoms with van der Waals surface area (Å²) in [6.45, 7) is 3.33. The van der Waals surface area contributed by atoms with E-state index in [4.69, 9.17) is 0 Å². The van der Waals surface area contributed by atoms with Crippen molar-refractivity contribution in [3.05, 3.63) is 0 Å². The van der Waals surface area contributed by atoms with Crippen molar-refractivity contribution in [3.8, 4) is 0 Å². The Kier molecular flexibility index (Phi) is 1.01. The van der Waals surface area contributed by atoms with Crippen LogP contribution in [-0.2, 0) is 19.9 Å². The maximum Gasteiger partial charge on any atom is 0.234 e. The standard InChI is InChI=1S/C3H6O4/c1-3(2)4-6-7-5-3/h1-2H3. The van der Waals surface area contributed by atoms with E-state index in [2.05, 4.69) is 19.9 Å². The highest BCUT2D eigenvalue weighted by Crippen LogP contribution is 2.18. The van der Waals surface area contributed by atoms with Crippen molar-refractivity contribution >= 4 is 0 Å². The number of hydrogen-bond donors (Lipinski definition) is 0. The van der Waals surface area contributed by atoms with Crippen LogP contribution in [-0.4, -0.2) is 5.79 Å². The zero-order valence-electron chi connectivity index (χ0n) is 4.13. The molecule has 4 nitrogen and oxygen atoms in total. The fraction of sp³-hybridized carbons (Fsp3) is 1.00. The lowest BCUT2D eigenvalue weighted by atomic mass is 10.4. The van der Waals surface area contributed by atoms with Gasteiger partial charge in [0.05, 0.1) is 0 Å². The Morgan fingerprint density at radius 3 is 1.57 bits per heavy atom. The summed E-state index contributed by atoms with van der Waals surface area (Å²) in [7, 11) is 0. The second-order valence-electron chi connectivity index (χ2n) is 1.70. The van der Waals surface area contributed by atoms with Crippen LogP contribution in [0.2, 0.25) is 0 Å². The summed E-state index contributed by atoms with van der Waals surface area (Å²) < 4.78 is 0.